The van der Waals surface area contributed by atoms with E-state index in [1.165, 1.54) is 30.3 Å². The summed E-state index contributed by atoms with van der Waals surface area (Å²) in [6.45, 7) is 5.70. The van der Waals surface area contributed by atoms with E-state index in [9.17, 15) is 18.0 Å². The summed E-state index contributed by atoms with van der Waals surface area (Å²) in [5.41, 5.74) is 1.64. The maximum atomic E-state index is 13.5. The van der Waals surface area contributed by atoms with E-state index in [0.717, 1.165) is 41.1 Å². The van der Waals surface area contributed by atoms with Gasteiger partial charge in [0.1, 0.15) is 0 Å². The summed E-state index contributed by atoms with van der Waals surface area (Å²) in [4.78, 5) is 19.5. The van der Waals surface area contributed by atoms with Crippen LogP contribution in [0, 0.1) is 12.8 Å². The van der Waals surface area contributed by atoms with Gasteiger partial charge in [0, 0.05) is 18.5 Å². The Kier molecular flexibility index (Phi) is 6.21. The van der Waals surface area contributed by atoms with Crippen LogP contribution < -0.4 is 0 Å². The summed E-state index contributed by atoms with van der Waals surface area (Å²) < 4.78 is 42.2. The Hall–Kier alpha value is -3.07. The van der Waals surface area contributed by atoms with Gasteiger partial charge in [-0.25, -0.2) is 0 Å². The minimum atomic E-state index is -4.43. The van der Waals surface area contributed by atoms with Gasteiger partial charge in [-0.3, -0.25) is 9.48 Å². The van der Waals surface area contributed by atoms with Crippen LogP contribution in [0.4, 0.5) is 13.2 Å². The summed E-state index contributed by atoms with van der Waals surface area (Å²) in [6.07, 6.45) is 1.32. The molecular weight excluding hydrogens is 473 g/mol. The number of amides is 1. The van der Waals surface area contributed by atoms with E-state index in [-0.39, 0.29) is 18.0 Å². The van der Waals surface area contributed by atoms with E-state index in [0.29, 0.717) is 16.4 Å². The van der Waals surface area contributed by atoms with Crippen LogP contribution in [-0.2, 0) is 17.5 Å². The smallest absolute Gasteiger partial charge is 0.351 e. The van der Waals surface area contributed by atoms with E-state index < -0.39 is 11.7 Å². The lowest BCUT2D eigenvalue weighted by Gasteiger charge is -2.31. The van der Waals surface area contributed by atoms with Crippen molar-refractivity contribution in [2.45, 2.75) is 39.4 Å². The summed E-state index contributed by atoms with van der Waals surface area (Å²) in [5, 5.41) is 5.89. The van der Waals surface area contributed by atoms with Crippen LogP contribution in [0.2, 0.25) is 0 Å². The third kappa shape index (κ3) is 5.00. The Labute approximate surface area is 205 Å². The van der Waals surface area contributed by atoms with Crippen molar-refractivity contribution in [2.75, 3.05) is 13.1 Å². The van der Waals surface area contributed by atoms with Crippen LogP contribution in [-0.4, -0.2) is 38.8 Å². The van der Waals surface area contributed by atoms with Crippen molar-refractivity contribution in [3.63, 3.8) is 0 Å². The molecular formula is C26H25F3N4OS. The van der Waals surface area contributed by atoms with Gasteiger partial charge in [0.15, 0.2) is 5.17 Å². The summed E-state index contributed by atoms with van der Waals surface area (Å²) >= 11 is 1.40. The van der Waals surface area contributed by atoms with Crippen molar-refractivity contribution in [3.8, 4) is 0 Å². The van der Waals surface area contributed by atoms with Gasteiger partial charge in [0.2, 0.25) is 0 Å². The number of piperidine rings is 1. The van der Waals surface area contributed by atoms with Crippen molar-refractivity contribution in [2.24, 2.45) is 10.9 Å². The molecule has 5 nitrogen and oxygen atoms in total. The number of halogens is 3. The van der Waals surface area contributed by atoms with Gasteiger partial charge in [-0.1, -0.05) is 30.7 Å². The van der Waals surface area contributed by atoms with Gasteiger partial charge in [-0.15, -0.1) is 0 Å². The van der Waals surface area contributed by atoms with Crippen molar-refractivity contribution >= 4 is 39.8 Å². The predicted octanol–water partition coefficient (Wildman–Crippen LogP) is 6.11. The molecule has 0 spiro atoms. The van der Waals surface area contributed by atoms with Gasteiger partial charge < -0.3 is 4.90 Å². The first-order chi connectivity index (χ1) is 16.7. The zero-order chi connectivity index (χ0) is 24.7. The predicted molar refractivity (Wildman–Crippen MR) is 133 cm³/mol. The number of amidine groups is 1. The van der Waals surface area contributed by atoms with Crippen molar-refractivity contribution in [3.05, 3.63) is 69.8 Å². The molecule has 182 valence electrons. The maximum Gasteiger partial charge on any atom is 0.416 e. The Morgan fingerprint density at radius 3 is 2.80 bits per heavy atom. The maximum absolute atomic E-state index is 13.5. The number of thioether (sulfide) groups is 1. The lowest BCUT2D eigenvalue weighted by atomic mass is 10.0. The monoisotopic (exact) mass is 498 g/mol. The number of hydrogen-bond donors (Lipinski definition) is 0. The van der Waals surface area contributed by atoms with Gasteiger partial charge in [0.25, 0.3) is 5.91 Å². The first-order valence-electron chi connectivity index (χ1n) is 11.6. The Bertz CT molecular complexity index is 1360. The first-order valence-corrected chi connectivity index (χ1v) is 12.4. The van der Waals surface area contributed by atoms with Crippen LogP contribution in [0.3, 0.4) is 0 Å². The number of rotatable bonds is 3. The first kappa shape index (κ1) is 23.7. The zero-order valence-corrected chi connectivity index (χ0v) is 20.3. The number of hydrogen-bond acceptors (Lipinski definition) is 4. The number of aliphatic imine (C=N–C) groups is 1. The third-order valence-corrected chi connectivity index (χ3v) is 7.44. The molecule has 1 atom stereocenters. The minimum absolute atomic E-state index is 0.0128. The standard InChI is InChI=1S/C26H25F3N4OS/c1-16-5-7-19(21(10-16)26(27,28)29)15-33-22-8-6-18(11-20(22)13-30-33)12-23-24(34)31-25(35-23)32-9-3-4-17(2)14-32/h5-8,10-13,17H,3-4,9,14-15H2,1-2H3/b23-12-/t17-/m0/s1. The van der Waals surface area contributed by atoms with Gasteiger partial charge in [-0.05, 0) is 72.8 Å². The number of likely N-dealkylation sites (tertiary alicyclic amines) is 1. The molecule has 3 aromatic rings. The average molecular weight is 499 g/mol. The molecule has 9 heteroatoms. The number of carbonyl (C=O) groups excluding carboxylic acids is 1. The molecule has 2 aliphatic heterocycles. The number of aromatic nitrogens is 2. The highest BCUT2D eigenvalue weighted by molar-refractivity contribution is 8.18. The molecule has 0 unspecified atom stereocenters. The Balaban J connectivity index is 1.37. The summed E-state index contributed by atoms with van der Waals surface area (Å²) in [6, 6.07) is 9.92. The lowest BCUT2D eigenvalue weighted by Crippen LogP contribution is -2.37. The molecule has 2 aromatic carbocycles. The molecule has 3 heterocycles. The number of carbonyl (C=O) groups is 1. The quantitative estimate of drug-likeness (QED) is 0.409. The molecule has 0 radical (unpaired) electrons. The van der Waals surface area contributed by atoms with Gasteiger partial charge >= 0.3 is 6.18 Å². The minimum Gasteiger partial charge on any atom is -0.351 e. The van der Waals surface area contributed by atoms with E-state index in [4.69, 9.17) is 0 Å². The fraction of sp³-hybridized carbons (Fsp3) is 0.346. The molecule has 0 saturated carbocycles. The van der Waals surface area contributed by atoms with Crippen LogP contribution in [0.1, 0.15) is 42.0 Å². The molecule has 1 saturated heterocycles. The zero-order valence-electron chi connectivity index (χ0n) is 19.5. The second-order valence-corrected chi connectivity index (χ2v) is 10.3. The van der Waals surface area contributed by atoms with E-state index in [1.807, 2.05) is 24.3 Å². The SMILES string of the molecule is Cc1ccc(Cn2ncc3cc(/C=C4\SC(N5CCC[C@H](C)C5)=NC4=O)ccc32)c(C(F)(F)F)c1. The molecule has 0 bridgehead atoms. The number of fused-ring (bicyclic) bond motifs is 1. The number of benzene rings is 2. The fourth-order valence-corrected chi connectivity index (χ4v) is 5.57. The second kappa shape index (κ2) is 9.18. The summed E-state index contributed by atoms with van der Waals surface area (Å²) in [7, 11) is 0. The molecule has 0 N–H and O–H groups in total. The molecule has 5 rings (SSSR count). The second-order valence-electron chi connectivity index (χ2n) is 9.28. The third-order valence-electron chi connectivity index (χ3n) is 6.39. The van der Waals surface area contributed by atoms with Crippen molar-refractivity contribution < 1.29 is 18.0 Å². The average Bonchev–Trinajstić information content (AvgIpc) is 3.37. The molecule has 2 aliphatic rings. The van der Waals surface area contributed by atoms with Crippen LogP contribution in [0.15, 0.2) is 52.5 Å². The van der Waals surface area contributed by atoms with Crippen molar-refractivity contribution in [1.82, 2.24) is 14.7 Å². The molecule has 35 heavy (non-hydrogen) atoms. The summed E-state index contributed by atoms with van der Waals surface area (Å²) in [5.74, 6) is 0.347. The van der Waals surface area contributed by atoms with E-state index >= 15 is 0 Å². The number of alkyl halides is 3. The number of nitrogens with zero attached hydrogens (tertiary/aromatic N) is 4. The lowest BCUT2D eigenvalue weighted by molar-refractivity contribution is -0.138. The van der Waals surface area contributed by atoms with E-state index in [1.54, 1.807) is 23.9 Å². The van der Waals surface area contributed by atoms with E-state index in [2.05, 4.69) is 21.9 Å². The molecule has 0 aliphatic carbocycles. The Morgan fingerprint density at radius 1 is 1.20 bits per heavy atom. The highest BCUT2D eigenvalue weighted by atomic mass is 32.2. The Morgan fingerprint density at radius 2 is 2.03 bits per heavy atom. The largest absolute Gasteiger partial charge is 0.416 e. The molecule has 1 amide bonds. The molecule has 1 fully saturated rings. The van der Waals surface area contributed by atoms with Crippen LogP contribution >= 0.6 is 11.8 Å². The topological polar surface area (TPSA) is 50.5 Å². The number of aryl methyl sites for hydroxylation is 1. The normalized spacial score (nSPS) is 20.2. The van der Waals surface area contributed by atoms with Crippen LogP contribution in [0.25, 0.3) is 17.0 Å². The highest BCUT2D eigenvalue weighted by Gasteiger charge is 2.33. The van der Waals surface area contributed by atoms with Crippen LogP contribution in [0.5, 0.6) is 0 Å². The fourth-order valence-electron chi connectivity index (χ4n) is 4.62. The van der Waals surface area contributed by atoms with Gasteiger partial charge in [0.05, 0.1) is 28.7 Å². The van der Waals surface area contributed by atoms with Crippen molar-refractivity contribution in [1.29, 1.82) is 0 Å². The molecule has 1 aromatic heterocycles. The highest BCUT2D eigenvalue weighted by Crippen LogP contribution is 2.34. The van der Waals surface area contributed by atoms with Gasteiger partial charge in [-0.2, -0.15) is 23.3 Å².